The first-order chi connectivity index (χ1) is 3.12. The molecule has 0 radical (unpaired) electrons. The summed E-state index contributed by atoms with van der Waals surface area (Å²) in [5, 5.41) is 0. The molecule has 0 heterocycles. The van der Waals surface area contributed by atoms with Gasteiger partial charge in [-0.25, -0.2) is 0 Å². The van der Waals surface area contributed by atoms with Crippen molar-refractivity contribution in [2.75, 3.05) is 7.11 Å². The smallest absolute Gasteiger partial charge is 0.358 e. The summed E-state index contributed by atoms with van der Waals surface area (Å²) in [6.07, 6.45) is 0. The molecule has 0 saturated heterocycles. The average Bonchev–Trinajstić information content (AvgIpc) is 1.68. The quantitative estimate of drug-likeness (QED) is 0.532. The molecule has 0 aromatic heterocycles. The minimum atomic E-state index is -2.39. The number of rotatable bonds is 2. The lowest BCUT2D eigenvalue weighted by Crippen LogP contribution is -2.29. The second kappa shape index (κ2) is 2.25. The normalized spacial score (nSPS) is 18.1. The molecule has 1 unspecified atom stereocenters. The molecule has 0 rings (SSSR count). The molecule has 0 aliphatic heterocycles. The van der Waals surface area contributed by atoms with Crippen LogP contribution in [0.2, 0.25) is 6.55 Å². The summed E-state index contributed by atoms with van der Waals surface area (Å²) in [4.78, 5) is 8.93. The van der Waals surface area contributed by atoms with E-state index < -0.39 is 8.56 Å². The highest BCUT2D eigenvalue weighted by molar-refractivity contribution is 6.69. The van der Waals surface area contributed by atoms with Crippen LogP contribution in [0.1, 0.15) is 0 Å². The van der Waals surface area contributed by atoms with Gasteiger partial charge in [0, 0.05) is 7.11 Å². The molecule has 0 fully saturated rings. The minimum absolute atomic E-state index is 1.47. The van der Waals surface area contributed by atoms with Crippen LogP contribution < -0.4 is 0 Å². The van der Waals surface area contributed by atoms with Gasteiger partial charge in [0.25, 0.3) is 0 Å². The predicted molar refractivity (Wildman–Crippen MR) is 31.0 cm³/mol. The molecular weight excluding hydrogens is 108 g/mol. The number of hydrogen-bond acceptors (Lipinski definition) is 2. The number of hydrogen-bond donors (Lipinski definition) is 1. The van der Waals surface area contributed by atoms with Crippen LogP contribution >= 0.6 is 0 Å². The van der Waals surface area contributed by atoms with Crippen molar-refractivity contribution >= 4 is 8.56 Å². The molecule has 0 amide bonds. The van der Waals surface area contributed by atoms with E-state index in [-0.39, 0.29) is 0 Å². The van der Waals surface area contributed by atoms with Crippen LogP contribution in [0.3, 0.4) is 0 Å². The van der Waals surface area contributed by atoms with Gasteiger partial charge in [-0.15, -0.1) is 6.58 Å². The van der Waals surface area contributed by atoms with Gasteiger partial charge in [0.05, 0.1) is 0 Å². The van der Waals surface area contributed by atoms with Gasteiger partial charge in [-0.05, 0) is 6.55 Å². The summed E-state index contributed by atoms with van der Waals surface area (Å²) in [6.45, 7) is 5.04. The van der Waals surface area contributed by atoms with E-state index in [1.54, 1.807) is 6.55 Å². The summed E-state index contributed by atoms with van der Waals surface area (Å²) in [5.74, 6) is 0. The zero-order valence-corrected chi connectivity index (χ0v) is 5.64. The maximum Gasteiger partial charge on any atom is 0.358 e. The molecule has 42 valence electrons. The molecule has 0 spiro atoms. The first-order valence-electron chi connectivity index (χ1n) is 2.03. The largest absolute Gasteiger partial charge is 0.408 e. The van der Waals surface area contributed by atoms with Crippen LogP contribution in [0.25, 0.3) is 0 Å². The van der Waals surface area contributed by atoms with Gasteiger partial charge in [-0.3, -0.25) is 0 Å². The van der Waals surface area contributed by atoms with Crippen molar-refractivity contribution in [1.29, 1.82) is 0 Å². The monoisotopic (exact) mass is 118 g/mol. The van der Waals surface area contributed by atoms with E-state index in [1.165, 1.54) is 12.8 Å². The molecule has 3 heteroatoms. The molecule has 0 aromatic rings. The van der Waals surface area contributed by atoms with Crippen LogP contribution in [0.15, 0.2) is 12.3 Å². The van der Waals surface area contributed by atoms with Crippen molar-refractivity contribution in [3.63, 3.8) is 0 Å². The van der Waals surface area contributed by atoms with E-state index >= 15 is 0 Å². The van der Waals surface area contributed by atoms with Gasteiger partial charge in [-0.1, -0.05) is 5.70 Å². The van der Waals surface area contributed by atoms with Crippen LogP contribution in [-0.2, 0) is 4.43 Å². The fourth-order valence-electron chi connectivity index (χ4n) is 0.0833. The van der Waals surface area contributed by atoms with Crippen LogP contribution in [0.4, 0.5) is 0 Å². The summed E-state index contributed by atoms with van der Waals surface area (Å²) in [6, 6.07) is 0. The molecule has 0 bridgehead atoms. The highest BCUT2D eigenvalue weighted by atomic mass is 28.4. The van der Waals surface area contributed by atoms with Gasteiger partial charge in [-0.2, -0.15) is 0 Å². The zero-order valence-electron chi connectivity index (χ0n) is 4.64. The Bertz CT molecular complexity index is 70.1. The van der Waals surface area contributed by atoms with Gasteiger partial charge in [0.1, 0.15) is 0 Å². The summed E-state index contributed by atoms with van der Waals surface area (Å²) < 4.78 is 4.66. The van der Waals surface area contributed by atoms with Crippen molar-refractivity contribution in [3.05, 3.63) is 12.3 Å². The topological polar surface area (TPSA) is 29.5 Å². The lowest BCUT2D eigenvalue weighted by molar-refractivity contribution is 0.312. The highest BCUT2D eigenvalue weighted by Crippen LogP contribution is 1.95. The van der Waals surface area contributed by atoms with E-state index in [4.69, 9.17) is 4.80 Å². The molecule has 0 aromatic carbocycles. The van der Waals surface area contributed by atoms with Crippen molar-refractivity contribution in [1.82, 2.24) is 0 Å². The van der Waals surface area contributed by atoms with Crippen molar-refractivity contribution in [2.45, 2.75) is 6.55 Å². The van der Waals surface area contributed by atoms with Crippen LogP contribution in [0, 0.1) is 0 Å². The molecule has 1 atom stereocenters. The first-order valence-corrected chi connectivity index (χ1v) is 4.47. The van der Waals surface area contributed by atoms with Gasteiger partial charge in [0.2, 0.25) is 0 Å². The molecular formula is C4H10O2Si. The Morgan fingerprint density at radius 1 is 1.86 bits per heavy atom. The molecule has 0 aliphatic carbocycles. The van der Waals surface area contributed by atoms with Crippen molar-refractivity contribution < 1.29 is 9.22 Å². The maximum atomic E-state index is 8.93. The lowest BCUT2D eigenvalue weighted by Gasteiger charge is -2.09. The van der Waals surface area contributed by atoms with Gasteiger partial charge in [0.15, 0.2) is 0 Å². The molecule has 1 N–H and O–H groups in total. The van der Waals surface area contributed by atoms with E-state index in [2.05, 4.69) is 11.0 Å². The summed E-state index contributed by atoms with van der Waals surface area (Å²) >= 11 is 0. The fraction of sp³-hybridized carbons (Fsp3) is 0.500. The van der Waals surface area contributed by atoms with E-state index in [1.807, 2.05) is 0 Å². The fourth-order valence-corrected chi connectivity index (χ4v) is 0.250. The summed E-state index contributed by atoms with van der Waals surface area (Å²) in [5.41, 5.74) is 1.47. The zero-order chi connectivity index (χ0) is 5.91. The standard InChI is InChI=1S/C4H10O2Si/c1-4-7(3,5)6-2/h4-5H,1H2,2-3H3. The Morgan fingerprint density at radius 3 is 2.29 bits per heavy atom. The van der Waals surface area contributed by atoms with Crippen LogP contribution in [-0.4, -0.2) is 20.5 Å². The Hall–Kier alpha value is -0.123. The SMILES string of the molecule is C=C[Si](C)(O)OC. The average molecular weight is 118 g/mol. The Labute approximate surface area is 44.7 Å². The van der Waals surface area contributed by atoms with Crippen molar-refractivity contribution in [2.24, 2.45) is 0 Å². The minimum Gasteiger partial charge on any atom is -0.408 e. The maximum absolute atomic E-state index is 8.93. The third-order valence-corrected chi connectivity index (χ3v) is 2.38. The van der Waals surface area contributed by atoms with E-state index in [0.717, 1.165) is 0 Å². The van der Waals surface area contributed by atoms with Crippen LogP contribution in [0.5, 0.6) is 0 Å². The Morgan fingerprint density at radius 2 is 2.29 bits per heavy atom. The second-order valence-corrected chi connectivity index (χ2v) is 4.39. The van der Waals surface area contributed by atoms with E-state index in [0.29, 0.717) is 0 Å². The molecule has 0 saturated carbocycles. The highest BCUT2D eigenvalue weighted by Gasteiger charge is 2.18. The Balaban J connectivity index is 3.58. The third kappa shape index (κ3) is 2.56. The van der Waals surface area contributed by atoms with Gasteiger partial charge >= 0.3 is 8.56 Å². The predicted octanol–water partition coefficient (Wildman–Crippen LogP) is 0.422. The second-order valence-electron chi connectivity index (χ2n) is 1.46. The summed E-state index contributed by atoms with van der Waals surface area (Å²) in [7, 11) is -0.907. The molecule has 0 aliphatic rings. The third-order valence-electron chi connectivity index (χ3n) is 0.792. The first kappa shape index (κ1) is 6.88. The van der Waals surface area contributed by atoms with E-state index in [9.17, 15) is 0 Å². The van der Waals surface area contributed by atoms with Crippen molar-refractivity contribution in [3.8, 4) is 0 Å². The Kier molecular flexibility index (Phi) is 2.21. The lowest BCUT2D eigenvalue weighted by atomic mass is 11.3. The molecule has 2 nitrogen and oxygen atoms in total. The van der Waals surface area contributed by atoms with Gasteiger partial charge < -0.3 is 9.22 Å². The molecule has 7 heavy (non-hydrogen) atoms.